The Balaban J connectivity index is 2.18. The zero-order valence-electron chi connectivity index (χ0n) is 11.5. The number of hydrogen-bond acceptors (Lipinski definition) is 2. The van der Waals surface area contributed by atoms with Crippen LogP contribution in [0.4, 0.5) is 0 Å². The van der Waals surface area contributed by atoms with Crippen LogP contribution in [-0.2, 0) is 0 Å². The predicted molar refractivity (Wildman–Crippen MR) is 83.0 cm³/mol. The first-order valence-electron chi connectivity index (χ1n) is 6.36. The maximum atomic E-state index is 10.2. The van der Waals surface area contributed by atoms with Gasteiger partial charge in [-0.2, -0.15) is 0 Å². The van der Waals surface area contributed by atoms with Crippen LogP contribution in [0.3, 0.4) is 0 Å². The first-order chi connectivity index (χ1) is 9.60. The van der Waals surface area contributed by atoms with Crippen molar-refractivity contribution in [3.8, 4) is 5.75 Å². The average molecular weight is 289 g/mol. The van der Waals surface area contributed by atoms with Gasteiger partial charge in [0, 0.05) is 0 Å². The Labute approximate surface area is 124 Å². The molecule has 0 bridgehead atoms. The van der Waals surface area contributed by atoms with Crippen LogP contribution in [0.1, 0.15) is 22.8 Å². The van der Waals surface area contributed by atoms with E-state index >= 15 is 0 Å². The van der Waals surface area contributed by atoms with Gasteiger partial charge in [-0.3, -0.25) is 0 Å². The second-order valence-electron chi connectivity index (χ2n) is 4.62. The maximum Gasteiger partial charge on any atom is 0.118 e. The predicted octanol–water partition coefficient (Wildman–Crippen LogP) is 4.32. The molecule has 1 N–H and O–H groups in total. The number of aryl methyl sites for hydroxylation is 1. The normalized spacial score (nSPS) is 13.1. The van der Waals surface area contributed by atoms with E-state index in [0.717, 1.165) is 16.9 Å². The average Bonchev–Trinajstić information content (AvgIpc) is 2.49. The summed E-state index contributed by atoms with van der Waals surface area (Å²) in [5.74, 6) is 0.750. The summed E-state index contributed by atoms with van der Waals surface area (Å²) in [4.78, 5) is 0. The fraction of sp³-hybridized carbons (Fsp3) is 0.176. The molecule has 2 aromatic carbocycles. The minimum Gasteiger partial charge on any atom is -0.497 e. The molecule has 0 aliphatic heterocycles. The van der Waals surface area contributed by atoms with Crippen molar-refractivity contribution in [2.45, 2.75) is 13.0 Å². The summed E-state index contributed by atoms with van der Waals surface area (Å²) in [5.41, 5.74) is 2.89. The Morgan fingerprint density at radius 2 is 1.70 bits per heavy atom. The molecular weight excluding hydrogens is 272 g/mol. The van der Waals surface area contributed by atoms with Crippen molar-refractivity contribution < 1.29 is 9.84 Å². The third kappa shape index (κ3) is 3.62. The van der Waals surface area contributed by atoms with Crippen molar-refractivity contribution in [2.75, 3.05) is 7.11 Å². The molecule has 3 heteroatoms. The molecule has 2 nitrogen and oxygen atoms in total. The van der Waals surface area contributed by atoms with Gasteiger partial charge in [0.15, 0.2) is 0 Å². The van der Waals surface area contributed by atoms with Gasteiger partial charge in [-0.25, -0.2) is 0 Å². The maximum absolute atomic E-state index is 10.2. The number of aliphatic hydroxyl groups excluding tert-OH is 1. The number of rotatable bonds is 4. The van der Waals surface area contributed by atoms with Gasteiger partial charge in [-0.05, 0) is 36.3 Å². The molecular formula is C17H17ClO2. The molecule has 2 rings (SSSR count). The zero-order chi connectivity index (χ0) is 14.5. The van der Waals surface area contributed by atoms with Crippen LogP contribution < -0.4 is 4.74 Å². The summed E-state index contributed by atoms with van der Waals surface area (Å²) in [6, 6.07) is 15.2. The molecule has 2 aromatic rings. The topological polar surface area (TPSA) is 29.5 Å². The van der Waals surface area contributed by atoms with E-state index in [4.69, 9.17) is 16.3 Å². The highest BCUT2D eigenvalue weighted by atomic mass is 35.5. The summed E-state index contributed by atoms with van der Waals surface area (Å²) in [6.45, 7) is 2.03. The van der Waals surface area contributed by atoms with Crippen LogP contribution in [-0.4, -0.2) is 12.2 Å². The van der Waals surface area contributed by atoms with E-state index in [9.17, 15) is 5.11 Å². The fourth-order valence-electron chi connectivity index (χ4n) is 1.85. The van der Waals surface area contributed by atoms with Crippen LogP contribution in [0, 0.1) is 6.92 Å². The van der Waals surface area contributed by atoms with E-state index in [0.29, 0.717) is 5.03 Å². The monoisotopic (exact) mass is 288 g/mol. The van der Waals surface area contributed by atoms with Gasteiger partial charge in [0.1, 0.15) is 11.9 Å². The van der Waals surface area contributed by atoms with Crippen molar-refractivity contribution in [3.63, 3.8) is 0 Å². The quantitative estimate of drug-likeness (QED) is 0.908. The van der Waals surface area contributed by atoms with Gasteiger partial charge in [0.05, 0.1) is 12.1 Å². The van der Waals surface area contributed by atoms with Gasteiger partial charge in [-0.15, -0.1) is 0 Å². The largest absolute Gasteiger partial charge is 0.497 e. The molecule has 0 aliphatic rings. The molecule has 0 fully saturated rings. The molecule has 0 aromatic heterocycles. The molecule has 0 heterocycles. The van der Waals surface area contributed by atoms with E-state index in [2.05, 4.69) is 0 Å². The third-order valence-corrected chi connectivity index (χ3v) is 3.39. The van der Waals surface area contributed by atoms with Crippen molar-refractivity contribution in [1.29, 1.82) is 0 Å². The van der Waals surface area contributed by atoms with Gasteiger partial charge >= 0.3 is 0 Å². The van der Waals surface area contributed by atoms with E-state index in [1.54, 1.807) is 37.5 Å². The fourth-order valence-corrected chi connectivity index (χ4v) is 2.10. The zero-order valence-corrected chi connectivity index (χ0v) is 12.3. The van der Waals surface area contributed by atoms with E-state index < -0.39 is 6.10 Å². The number of ether oxygens (including phenoxy) is 1. The first-order valence-corrected chi connectivity index (χ1v) is 6.73. The van der Waals surface area contributed by atoms with Crippen LogP contribution in [0.15, 0.2) is 53.6 Å². The Bertz CT molecular complexity index is 585. The van der Waals surface area contributed by atoms with Crippen molar-refractivity contribution >= 4 is 17.7 Å². The molecule has 0 radical (unpaired) electrons. The summed E-state index contributed by atoms with van der Waals surface area (Å²) >= 11 is 6.19. The Morgan fingerprint density at radius 3 is 2.25 bits per heavy atom. The summed E-state index contributed by atoms with van der Waals surface area (Å²) in [6.07, 6.45) is 0.944. The van der Waals surface area contributed by atoms with E-state index in [-0.39, 0.29) is 0 Å². The summed E-state index contributed by atoms with van der Waals surface area (Å²) in [5, 5.41) is 10.6. The third-order valence-electron chi connectivity index (χ3n) is 3.07. The minimum absolute atomic E-state index is 0.388. The van der Waals surface area contributed by atoms with Crippen LogP contribution in [0.5, 0.6) is 5.75 Å². The SMILES string of the molecule is COc1ccc(C(O)/C(Cl)=C/c2ccc(C)cc2)cc1. The van der Waals surface area contributed by atoms with Crippen molar-refractivity contribution in [1.82, 2.24) is 0 Å². The number of methoxy groups -OCH3 is 1. The molecule has 20 heavy (non-hydrogen) atoms. The highest BCUT2D eigenvalue weighted by Crippen LogP contribution is 2.27. The number of aliphatic hydroxyl groups is 1. The molecule has 0 saturated carbocycles. The van der Waals surface area contributed by atoms with E-state index in [1.807, 2.05) is 31.2 Å². The number of halogens is 1. The minimum atomic E-state index is -0.830. The lowest BCUT2D eigenvalue weighted by atomic mass is 10.1. The molecule has 1 unspecified atom stereocenters. The van der Waals surface area contributed by atoms with Crippen molar-refractivity contribution in [2.24, 2.45) is 0 Å². The lowest BCUT2D eigenvalue weighted by Crippen LogP contribution is -1.97. The first kappa shape index (κ1) is 14.6. The lowest BCUT2D eigenvalue weighted by Gasteiger charge is -2.11. The lowest BCUT2D eigenvalue weighted by molar-refractivity contribution is 0.225. The molecule has 104 valence electrons. The second-order valence-corrected chi connectivity index (χ2v) is 5.05. The van der Waals surface area contributed by atoms with Crippen LogP contribution >= 0.6 is 11.6 Å². The highest BCUT2D eigenvalue weighted by Gasteiger charge is 2.11. The van der Waals surface area contributed by atoms with E-state index in [1.165, 1.54) is 5.56 Å². The van der Waals surface area contributed by atoms with Crippen molar-refractivity contribution in [3.05, 3.63) is 70.3 Å². The molecule has 0 amide bonds. The Hall–Kier alpha value is -1.77. The Morgan fingerprint density at radius 1 is 1.10 bits per heavy atom. The molecule has 0 spiro atoms. The number of hydrogen-bond donors (Lipinski definition) is 1. The smallest absolute Gasteiger partial charge is 0.118 e. The van der Waals surface area contributed by atoms with Gasteiger partial charge in [0.2, 0.25) is 0 Å². The highest BCUT2D eigenvalue weighted by molar-refractivity contribution is 6.32. The number of benzene rings is 2. The Kier molecular flexibility index (Phi) is 4.83. The van der Waals surface area contributed by atoms with Gasteiger partial charge in [0.25, 0.3) is 0 Å². The van der Waals surface area contributed by atoms with Gasteiger partial charge < -0.3 is 9.84 Å². The second kappa shape index (κ2) is 6.60. The van der Waals surface area contributed by atoms with Crippen LogP contribution in [0.2, 0.25) is 0 Å². The standard InChI is InChI=1S/C17H17ClO2/c1-12-3-5-13(6-4-12)11-16(18)17(19)14-7-9-15(20-2)10-8-14/h3-11,17,19H,1-2H3/b16-11-. The van der Waals surface area contributed by atoms with Crippen LogP contribution in [0.25, 0.3) is 6.08 Å². The van der Waals surface area contributed by atoms with Gasteiger partial charge in [-0.1, -0.05) is 53.6 Å². The summed E-state index contributed by atoms with van der Waals surface area (Å²) in [7, 11) is 1.61. The molecule has 0 aliphatic carbocycles. The summed E-state index contributed by atoms with van der Waals surface area (Å²) < 4.78 is 5.09. The molecule has 0 saturated heterocycles. The molecule has 1 atom stereocenters.